The van der Waals surface area contributed by atoms with Crippen LogP contribution in [0.3, 0.4) is 0 Å². The van der Waals surface area contributed by atoms with Gasteiger partial charge in [-0.3, -0.25) is 0 Å². The van der Waals surface area contributed by atoms with Crippen LogP contribution >= 0.6 is 0 Å². The predicted molar refractivity (Wildman–Crippen MR) is 78.6 cm³/mol. The highest BCUT2D eigenvalue weighted by Gasteiger charge is 2.23. The molecule has 0 heterocycles. The molecule has 0 rings (SSSR count). The van der Waals surface area contributed by atoms with Gasteiger partial charge in [-0.25, -0.2) is 0 Å². The number of unbranched alkanes of at least 4 members (excludes halogenated alkanes) is 2. The quantitative estimate of drug-likeness (QED) is 0.622. The van der Waals surface area contributed by atoms with Gasteiger partial charge in [-0.2, -0.15) is 0 Å². The van der Waals surface area contributed by atoms with Crippen molar-refractivity contribution in [2.45, 2.75) is 66.3 Å². The van der Waals surface area contributed by atoms with Crippen LogP contribution in [0, 0.1) is 5.41 Å². The van der Waals surface area contributed by atoms with E-state index in [-0.39, 0.29) is 0 Å². The molecule has 2 heteroatoms. The second-order valence-corrected chi connectivity index (χ2v) is 6.28. The monoisotopic (exact) mass is 242 g/mol. The van der Waals surface area contributed by atoms with Gasteiger partial charge >= 0.3 is 0 Å². The minimum atomic E-state index is 0.361. The number of hydrogen-bond donors (Lipinski definition) is 1. The molecule has 2 nitrogen and oxygen atoms in total. The van der Waals surface area contributed by atoms with Gasteiger partial charge in [0, 0.05) is 6.04 Å². The molecule has 0 amide bonds. The van der Waals surface area contributed by atoms with Gasteiger partial charge < -0.3 is 10.2 Å². The molecule has 0 aliphatic heterocycles. The third kappa shape index (κ3) is 8.62. The fourth-order valence-electron chi connectivity index (χ4n) is 2.18. The first kappa shape index (κ1) is 16.9. The first-order chi connectivity index (χ1) is 7.91. The van der Waals surface area contributed by atoms with Crippen molar-refractivity contribution in [1.82, 2.24) is 10.2 Å². The molecular weight excluding hydrogens is 208 g/mol. The van der Waals surface area contributed by atoms with Gasteiger partial charge in [0.2, 0.25) is 0 Å². The van der Waals surface area contributed by atoms with Crippen molar-refractivity contribution >= 4 is 0 Å². The maximum Gasteiger partial charge on any atom is 0.0128 e. The highest BCUT2D eigenvalue weighted by molar-refractivity contribution is 4.80. The van der Waals surface area contributed by atoms with Crippen molar-refractivity contribution in [1.29, 1.82) is 0 Å². The highest BCUT2D eigenvalue weighted by atomic mass is 15.1. The maximum atomic E-state index is 3.62. The average molecular weight is 242 g/mol. The van der Waals surface area contributed by atoms with E-state index in [1.807, 2.05) is 0 Å². The first-order valence-corrected chi connectivity index (χ1v) is 7.33. The molecule has 0 saturated heterocycles. The summed E-state index contributed by atoms with van der Waals surface area (Å²) in [7, 11) is 2.25. The van der Waals surface area contributed by atoms with E-state index >= 15 is 0 Å². The molecule has 0 spiro atoms. The van der Waals surface area contributed by atoms with Crippen LogP contribution in [0.25, 0.3) is 0 Å². The molecule has 0 aromatic rings. The molecule has 17 heavy (non-hydrogen) atoms. The zero-order chi connectivity index (χ0) is 13.3. The largest absolute Gasteiger partial charge is 0.314 e. The number of rotatable bonds is 9. The summed E-state index contributed by atoms with van der Waals surface area (Å²) < 4.78 is 0. The van der Waals surface area contributed by atoms with Crippen LogP contribution in [0.4, 0.5) is 0 Å². The topological polar surface area (TPSA) is 15.3 Å². The maximum absolute atomic E-state index is 3.62. The second-order valence-electron chi connectivity index (χ2n) is 6.28. The Bertz CT molecular complexity index is 172. The van der Waals surface area contributed by atoms with E-state index in [1.54, 1.807) is 0 Å². The van der Waals surface area contributed by atoms with E-state index in [0.29, 0.717) is 11.5 Å². The fraction of sp³-hybridized carbons (Fsp3) is 1.00. The molecule has 0 aliphatic carbocycles. The molecule has 1 N–H and O–H groups in total. The van der Waals surface area contributed by atoms with Gasteiger partial charge in [-0.15, -0.1) is 0 Å². The molecule has 0 fully saturated rings. The van der Waals surface area contributed by atoms with Crippen LogP contribution in [0.15, 0.2) is 0 Å². The smallest absolute Gasteiger partial charge is 0.0128 e. The highest BCUT2D eigenvalue weighted by Crippen LogP contribution is 2.21. The van der Waals surface area contributed by atoms with Crippen molar-refractivity contribution in [2.75, 3.05) is 26.7 Å². The summed E-state index contributed by atoms with van der Waals surface area (Å²) in [4.78, 5) is 2.48. The molecule has 104 valence electrons. The van der Waals surface area contributed by atoms with Gasteiger partial charge in [0.25, 0.3) is 0 Å². The Hall–Kier alpha value is -0.0800. The lowest BCUT2D eigenvalue weighted by Gasteiger charge is -2.32. The summed E-state index contributed by atoms with van der Waals surface area (Å²) in [5, 5.41) is 3.62. The molecule has 1 unspecified atom stereocenters. The third-order valence-corrected chi connectivity index (χ3v) is 3.44. The lowest BCUT2D eigenvalue weighted by atomic mass is 9.84. The normalized spacial score (nSPS) is 14.3. The lowest BCUT2D eigenvalue weighted by molar-refractivity contribution is 0.222. The molecule has 0 aromatic carbocycles. The van der Waals surface area contributed by atoms with E-state index in [0.717, 1.165) is 6.54 Å². The zero-order valence-electron chi connectivity index (χ0n) is 13.0. The van der Waals surface area contributed by atoms with Crippen LogP contribution in [-0.2, 0) is 0 Å². The predicted octanol–water partition coefficient (Wildman–Crippen LogP) is 3.52. The van der Waals surface area contributed by atoms with Gasteiger partial charge in [-0.05, 0) is 44.9 Å². The Kier molecular flexibility index (Phi) is 8.89. The van der Waals surface area contributed by atoms with Gasteiger partial charge in [0.05, 0.1) is 0 Å². The Morgan fingerprint density at radius 1 is 1.06 bits per heavy atom. The van der Waals surface area contributed by atoms with Crippen molar-refractivity contribution < 1.29 is 0 Å². The number of nitrogens with one attached hydrogen (secondary N) is 1. The fourth-order valence-corrected chi connectivity index (χ4v) is 2.18. The van der Waals surface area contributed by atoms with E-state index in [4.69, 9.17) is 0 Å². The summed E-state index contributed by atoms with van der Waals surface area (Å²) in [6.07, 6.45) is 5.27. The lowest BCUT2D eigenvalue weighted by Crippen LogP contribution is -2.42. The molecule has 0 radical (unpaired) electrons. The standard InChI is InChI=1S/C15H34N2/c1-7-9-10-12-17(6)13-11-14(16-8-2)15(3,4)5/h14,16H,7-13H2,1-6H3. The van der Waals surface area contributed by atoms with Gasteiger partial charge in [0.1, 0.15) is 0 Å². The van der Waals surface area contributed by atoms with E-state index < -0.39 is 0 Å². The van der Waals surface area contributed by atoms with E-state index in [9.17, 15) is 0 Å². The minimum Gasteiger partial charge on any atom is -0.314 e. The first-order valence-electron chi connectivity index (χ1n) is 7.33. The zero-order valence-corrected chi connectivity index (χ0v) is 13.0. The van der Waals surface area contributed by atoms with Crippen molar-refractivity contribution in [2.24, 2.45) is 5.41 Å². The summed E-state index contributed by atoms with van der Waals surface area (Å²) >= 11 is 0. The van der Waals surface area contributed by atoms with Crippen LogP contribution in [0.5, 0.6) is 0 Å². The Morgan fingerprint density at radius 3 is 2.18 bits per heavy atom. The number of nitrogens with zero attached hydrogens (tertiary/aromatic N) is 1. The van der Waals surface area contributed by atoms with Crippen LogP contribution in [-0.4, -0.2) is 37.6 Å². The Balaban J connectivity index is 3.87. The van der Waals surface area contributed by atoms with Gasteiger partial charge in [-0.1, -0.05) is 47.5 Å². The molecule has 0 aromatic heterocycles. The summed E-state index contributed by atoms with van der Waals surface area (Å²) in [6, 6.07) is 0.626. The van der Waals surface area contributed by atoms with Crippen molar-refractivity contribution in [3.05, 3.63) is 0 Å². The number of hydrogen-bond acceptors (Lipinski definition) is 2. The van der Waals surface area contributed by atoms with Crippen LogP contribution in [0.1, 0.15) is 60.3 Å². The van der Waals surface area contributed by atoms with E-state index in [1.165, 1.54) is 38.8 Å². The second kappa shape index (κ2) is 8.93. The van der Waals surface area contributed by atoms with Crippen molar-refractivity contribution in [3.63, 3.8) is 0 Å². The van der Waals surface area contributed by atoms with Crippen molar-refractivity contribution in [3.8, 4) is 0 Å². The Morgan fingerprint density at radius 2 is 1.71 bits per heavy atom. The minimum absolute atomic E-state index is 0.361. The Labute approximate surface area is 109 Å². The summed E-state index contributed by atoms with van der Waals surface area (Å²) in [5.74, 6) is 0. The SMILES string of the molecule is CCCCCN(C)CCC(NCC)C(C)(C)C. The summed E-state index contributed by atoms with van der Waals surface area (Å²) in [6.45, 7) is 15.0. The van der Waals surface area contributed by atoms with Gasteiger partial charge in [0.15, 0.2) is 0 Å². The molecule has 0 bridgehead atoms. The van der Waals surface area contributed by atoms with Crippen LogP contribution in [0.2, 0.25) is 0 Å². The summed E-state index contributed by atoms with van der Waals surface area (Å²) in [5.41, 5.74) is 0.361. The van der Waals surface area contributed by atoms with Crippen LogP contribution < -0.4 is 5.32 Å². The molecule has 0 saturated carbocycles. The third-order valence-electron chi connectivity index (χ3n) is 3.44. The average Bonchev–Trinajstić information content (AvgIpc) is 2.23. The molecule has 0 aliphatic rings. The molecule has 1 atom stereocenters. The molecular formula is C15H34N2. The van der Waals surface area contributed by atoms with E-state index in [2.05, 4.69) is 51.9 Å².